The lowest BCUT2D eigenvalue weighted by molar-refractivity contribution is -0.128. The molecular formula is C20H28N4O3. The number of nitrogens with zero attached hydrogens (tertiary/aromatic N) is 4. The molecule has 7 heteroatoms. The SMILES string of the molecule is O=C1CCCN1CC1CCN(C(=O)c2ccc(N3CC[C@H](O)C3)nc2)CC1. The molecule has 1 aromatic heterocycles. The largest absolute Gasteiger partial charge is 0.391 e. The minimum atomic E-state index is -0.287. The lowest BCUT2D eigenvalue weighted by Crippen LogP contribution is -2.41. The lowest BCUT2D eigenvalue weighted by atomic mass is 9.96. The Kier molecular flexibility index (Phi) is 5.29. The second-order valence-corrected chi connectivity index (χ2v) is 7.97. The van der Waals surface area contributed by atoms with E-state index < -0.39 is 0 Å². The van der Waals surface area contributed by atoms with Gasteiger partial charge in [-0.1, -0.05) is 0 Å². The van der Waals surface area contributed by atoms with E-state index in [1.165, 1.54) is 0 Å². The van der Waals surface area contributed by atoms with Crippen molar-refractivity contribution in [2.75, 3.05) is 44.2 Å². The maximum Gasteiger partial charge on any atom is 0.255 e. The zero-order chi connectivity index (χ0) is 18.8. The molecular weight excluding hydrogens is 344 g/mol. The van der Waals surface area contributed by atoms with Crippen LogP contribution in [0.3, 0.4) is 0 Å². The van der Waals surface area contributed by atoms with Crippen LogP contribution in [0, 0.1) is 5.92 Å². The summed E-state index contributed by atoms with van der Waals surface area (Å²) in [6.07, 6.45) is 5.70. The van der Waals surface area contributed by atoms with Gasteiger partial charge in [0.2, 0.25) is 5.91 Å². The Hall–Kier alpha value is -2.15. The number of aliphatic hydroxyl groups is 1. The van der Waals surface area contributed by atoms with E-state index in [2.05, 4.69) is 4.98 Å². The van der Waals surface area contributed by atoms with Crippen LogP contribution in [-0.4, -0.2) is 77.1 Å². The minimum Gasteiger partial charge on any atom is -0.391 e. The monoisotopic (exact) mass is 372 g/mol. The number of carbonyl (C=O) groups is 2. The number of aromatic nitrogens is 1. The Morgan fingerprint density at radius 2 is 1.96 bits per heavy atom. The van der Waals surface area contributed by atoms with Crippen molar-refractivity contribution in [1.82, 2.24) is 14.8 Å². The summed E-state index contributed by atoms with van der Waals surface area (Å²) in [5.41, 5.74) is 0.617. The Balaban J connectivity index is 1.29. The first-order valence-electron chi connectivity index (χ1n) is 10.1. The highest BCUT2D eigenvalue weighted by Crippen LogP contribution is 2.23. The summed E-state index contributed by atoms with van der Waals surface area (Å²) in [7, 11) is 0. The number of hydrogen-bond acceptors (Lipinski definition) is 5. The standard InChI is InChI=1S/C20H28N4O3/c25-17-7-11-23(14-17)18-4-3-16(12-21-18)20(27)22-9-5-15(6-10-22)13-24-8-1-2-19(24)26/h3-4,12,15,17,25H,1-2,5-11,13-14H2/t17-/m0/s1. The molecule has 27 heavy (non-hydrogen) atoms. The Labute approximate surface area is 160 Å². The quantitative estimate of drug-likeness (QED) is 0.857. The molecule has 1 atom stereocenters. The van der Waals surface area contributed by atoms with Crippen LogP contribution in [0.15, 0.2) is 18.3 Å². The topological polar surface area (TPSA) is 77.0 Å². The van der Waals surface area contributed by atoms with Crippen molar-refractivity contribution in [3.63, 3.8) is 0 Å². The molecule has 0 radical (unpaired) electrons. The van der Waals surface area contributed by atoms with Crippen molar-refractivity contribution in [2.45, 2.75) is 38.2 Å². The first kappa shape index (κ1) is 18.2. The smallest absolute Gasteiger partial charge is 0.255 e. The zero-order valence-corrected chi connectivity index (χ0v) is 15.7. The van der Waals surface area contributed by atoms with Gasteiger partial charge in [0.1, 0.15) is 5.82 Å². The third-order valence-electron chi connectivity index (χ3n) is 6.03. The van der Waals surface area contributed by atoms with Crippen molar-refractivity contribution < 1.29 is 14.7 Å². The molecule has 0 saturated carbocycles. The third kappa shape index (κ3) is 4.08. The van der Waals surface area contributed by atoms with Crippen molar-refractivity contribution in [2.24, 2.45) is 5.92 Å². The Morgan fingerprint density at radius 3 is 2.56 bits per heavy atom. The van der Waals surface area contributed by atoms with Gasteiger partial charge in [-0.15, -0.1) is 0 Å². The number of amides is 2. The van der Waals surface area contributed by atoms with E-state index in [0.717, 1.165) is 64.2 Å². The maximum absolute atomic E-state index is 12.8. The van der Waals surface area contributed by atoms with Gasteiger partial charge < -0.3 is 19.8 Å². The van der Waals surface area contributed by atoms with E-state index in [4.69, 9.17) is 0 Å². The molecule has 3 fully saturated rings. The fourth-order valence-corrected chi connectivity index (χ4v) is 4.36. The number of piperidine rings is 1. The molecule has 1 aromatic rings. The second kappa shape index (κ2) is 7.84. The first-order valence-corrected chi connectivity index (χ1v) is 10.1. The fraction of sp³-hybridized carbons (Fsp3) is 0.650. The van der Waals surface area contributed by atoms with Gasteiger partial charge in [0.25, 0.3) is 5.91 Å². The number of anilines is 1. The van der Waals surface area contributed by atoms with Gasteiger partial charge in [0.05, 0.1) is 11.7 Å². The normalized spacial score (nSPS) is 24.1. The van der Waals surface area contributed by atoms with Crippen molar-refractivity contribution in [3.8, 4) is 0 Å². The molecule has 0 aromatic carbocycles. The summed E-state index contributed by atoms with van der Waals surface area (Å²) in [6.45, 7) is 4.63. The fourth-order valence-electron chi connectivity index (χ4n) is 4.36. The molecule has 0 unspecified atom stereocenters. The summed E-state index contributed by atoms with van der Waals surface area (Å²) in [5, 5.41) is 9.65. The first-order chi connectivity index (χ1) is 13.1. The maximum atomic E-state index is 12.8. The summed E-state index contributed by atoms with van der Waals surface area (Å²) in [5.74, 6) is 1.63. The third-order valence-corrected chi connectivity index (χ3v) is 6.03. The second-order valence-electron chi connectivity index (χ2n) is 7.97. The number of aliphatic hydroxyl groups excluding tert-OH is 1. The molecule has 146 valence electrons. The van der Waals surface area contributed by atoms with Crippen LogP contribution in [0.2, 0.25) is 0 Å². The average molecular weight is 372 g/mol. The molecule has 0 aliphatic carbocycles. The lowest BCUT2D eigenvalue weighted by Gasteiger charge is -2.34. The molecule has 3 aliphatic heterocycles. The highest BCUT2D eigenvalue weighted by molar-refractivity contribution is 5.94. The summed E-state index contributed by atoms with van der Waals surface area (Å²) in [6, 6.07) is 3.71. The number of pyridine rings is 1. The Morgan fingerprint density at radius 1 is 1.15 bits per heavy atom. The van der Waals surface area contributed by atoms with E-state index in [9.17, 15) is 14.7 Å². The Bertz CT molecular complexity index is 685. The molecule has 3 aliphatic rings. The van der Waals surface area contributed by atoms with E-state index in [1.807, 2.05) is 26.8 Å². The highest BCUT2D eigenvalue weighted by Gasteiger charge is 2.28. The van der Waals surface area contributed by atoms with Crippen LogP contribution in [0.4, 0.5) is 5.82 Å². The minimum absolute atomic E-state index is 0.0335. The summed E-state index contributed by atoms with van der Waals surface area (Å²) in [4.78, 5) is 34.9. The van der Waals surface area contributed by atoms with Crippen molar-refractivity contribution in [3.05, 3.63) is 23.9 Å². The van der Waals surface area contributed by atoms with Crippen LogP contribution < -0.4 is 4.90 Å². The van der Waals surface area contributed by atoms with Gasteiger partial charge in [0, 0.05) is 51.9 Å². The number of hydrogen-bond donors (Lipinski definition) is 1. The molecule has 3 saturated heterocycles. The van der Waals surface area contributed by atoms with Crippen LogP contribution in [0.25, 0.3) is 0 Å². The van der Waals surface area contributed by atoms with E-state index in [0.29, 0.717) is 24.4 Å². The van der Waals surface area contributed by atoms with Crippen LogP contribution >= 0.6 is 0 Å². The van der Waals surface area contributed by atoms with Gasteiger partial charge in [-0.2, -0.15) is 0 Å². The van der Waals surface area contributed by atoms with Crippen molar-refractivity contribution in [1.29, 1.82) is 0 Å². The van der Waals surface area contributed by atoms with Crippen LogP contribution in [0.1, 0.15) is 42.5 Å². The number of β-amino-alcohol motifs (C(OH)–C–C–N with tert-alkyl or cyclic N) is 1. The molecule has 7 nitrogen and oxygen atoms in total. The molecule has 4 rings (SSSR count). The average Bonchev–Trinajstić information content (AvgIpc) is 3.30. The molecule has 0 spiro atoms. The summed E-state index contributed by atoms with van der Waals surface area (Å²) >= 11 is 0. The van der Waals surface area contributed by atoms with E-state index in [1.54, 1.807) is 6.20 Å². The van der Waals surface area contributed by atoms with Crippen LogP contribution in [0.5, 0.6) is 0 Å². The van der Waals surface area contributed by atoms with E-state index in [-0.39, 0.29) is 17.9 Å². The zero-order valence-electron chi connectivity index (χ0n) is 15.7. The molecule has 4 heterocycles. The molecule has 0 bridgehead atoms. The van der Waals surface area contributed by atoms with E-state index >= 15 is 0 Å². The van der Waals surface area contributed by atoms with Gasteiger partial charge in [-0.25, -0.2) is 4.98 Å². The number of rotatable bonds is 4. The van der Waals surface area contributed by atoms with Crippen molar-refractivity contribution >= 4 is 17.6 Å². The molecule has 2 amide bonds. The number of likely N-dealkylation sites (tertiary alicyclic amines) is 2. The van der Waals surface area contributed by atoms with Crippen LogP contribution in [-0.2, 0) is 4.79 Å². The molecule has 1 N–H and O–H groups in total. The van der Waals surface area contributed by atoms with Gasteiger partial charge in [-0.05, 0) is 43.7 Å². The highest BCUT2D eigenvalue weighted by atomic mass is 16.3. The van der Waals surface area contributed by atoms with Gasteiger partial charge in [-0.3, -0.25) is 9.59 Å². The number of carbonyl (C=O) groups excluding carboxylic acids is 2. The predicted molar refractivity (Wildman–Crippen MR) is 102 cm³/mol. The van der Waals surface area contributed by atoms with Gasteiger partial charge in [0.15, 0.2) is 0 Å². The predicted octanol–water partition coefficient (Wildman–Crippen LogP) is 1.13. The van der Waals surface area contributed by atoms with Gasteiger partial charge >= 0.3 is 0 Å². The summed E-state index contributed by atoms with van der Waals surface area (Å²) < 4.78 is 0.